The largest absolute Gasteiger partial charge is 0.490 e. The summed E-state index contributed by atoms with van der Waals surface area (Å²) < 4.78 is 4.93. The molecule has 2 aromatic rings. The van der Waals surface area contributed by atoms with Crippen LogP contribution in [0.25, 0.3) is 0 Å². The fourth-order valence-corrected chi connectivity index (χ4v) is 3.46. The van der Waals surface area contributed by atoms with E-state index in [2.05, 4.69) is 29.3 Å². The quantitative estimate of drug-likeness (QED) is 0.575. The van der Waals surface area contributed by atoms with Crippen LogP contribution in [0.5, 0.6) is 5.75 Å². The third-order valence-electron chi connectivity index (χ3n) is 5.13. The fourth-order valence-electron chi connectivity index (χ4n) is 3.46. The van der Waals surface area contributed by atoms with Crippen LogP contribution in [0.4, 0.5) is 11.4 Å². The second-order valence-electron chi connectivity index (χ2n) is 6.98. The molecule has 2 aromatic carbocycles. The summed E-state index contributed by atoms with van der Waals surface area (Å²) in [5.74, 6) is -0.664. The molecule has 0 bridgehead atoms. The van der Waals surface area contributed by atoms with E-state index in [-0.39, 0.29) is 29.5 Å². The number of nitro groups is 1. The van der Waals surface area contributed by atoms with Gasteiger partial charge in [0.25, 0.3) is 5.91 Å². The number of hydrogen-bond acceptors (Lipinski definition) is 6. The van der Waals surface area contributed by atoms with Crippen molar-refractivity contribution in [3.63, 3.8) is 0 Å². The maximum atomic E-state index is 12.5. The summed E-state index contributed by atoms with van der Waals surface area (Å²) in [5, 5.41) is 13.7. The van der Waals surface area contributed by atoms with E-state index >= 15 is 0 Å². The molecule has 30 heavy (non-hydrogen) atoms. The lowest BCUT2D eigenvalue weighted by Crippen LogP contribution is -2.51. The monoisotopic (exact) mass is 412 g/mol. The molecule has 2 amide bonds. The molecule has 1 aliphatic rings. The van der Waals surface area contributed by atoms with Gasteiger partial charge in [0.15, 0.2) is 5.75 Å². The first kappa shape index (κ1) is 21.1. The number of methoxy groups -OCH3 is 1. The molecule has 1 saturated heterocycles. The van der Waals surface area contributed by atoms with E-state index in [4.69, 9.17) is 4.74 Å². The zero-order valence-corrected chi connectivity index (χ0v) is 17.0. The van der Waals surface area contributed by atoms with Crippen molar-refractivity contribution in [1.29, 1.82) is 0 Å². The number of nitrogens with zero attached hydrogens (tertiary/aromatic N) is 3. The van der Waals surface area contributed by atoms with Crippen LogP contribution in [0.3, 0.4) is 0 Å². The minimum atomic E-state index is -0.616. The highest BCUT2D eigenvalue weighted by Gasteiger charge is 2.23. The number of hydrogen-bond donors (Lipinski definition) is 1. The smallest absolute Gasteiger partial charge is 0.311 e. The van der Waals surface area contributed by atoms with E-state index in [0.29, 0.717) is 13.1 Å². The summed E-state index contributed by atoms with van der Waals surface area (Å²) in [6, 6.07) is 12.1. The normalized spacial score (nSPS) is 13.7. The average molecular weight is 412 g/mol. The first-order valence-corrected chi connectivity index (χ1v) is 9.59. The predicted molar refractivity (Wildman–Crippen MR) is 112 cm³/mol. The van der Waals surface area contributed by atoms with Crippen LogP contribution in [0.2, 0.25) is 0 Å². The summed E-state index contributed by atoms with van der Waals surface area (Å²) in [6.45, 7) is 4.47. The van der Waals surface area contributed by atoms with E-state index < -0.39 is 10.8 Å². The first-order chi connectivity index (χ1) is 14.4. The van der Waals surface area contributed by atoms with Crippen molar-refractivity contribution in [1.82, 2.24) is 10.2 Å². The molecule has 1 heterocycles. The number of nitrogens with one attached hydrogen (secondary N) is 1. The van der Waals surface area contributed by atoms with E-state index in [0.717, 1.165) is 19.2 Å². The Bertz CT molecular complexity index is 954. The Hall–Kier alpha value is -3.62. The van der Waals surface area contributed by atoms with Gasteiger partial charge in [-0.25, -0.2) is 0 Å². The van der Waals surface area contributed by atoms with Crippen molar-refractivity contribution in [2.75, 3.05) is 44.7 Å². The van der Waals surface area contributed by atoms with Gasteiger partial charge in [-0.05, 0) is 30.7 Å². The van der Waals surface area contributed by atoms with Gasteiger partial charge >= 0.3 is 5.69 Å². The summed E-state index contributed by atoms with van der Waals surface area (Å²) in [7, 11) is 1.32. The molecule has 9 heteroatoms. The Morgan fingerprint density at radius 2 is 1.83 bits per heavy atom. The van der Waals surface area contributed by atoms with Crippen LogP contribution >= 0.6 is 0 Å². The van der Waals surface area contributed by atoms with Crippen molar-refractivity contribution in [3.05, 3.63) is 63.7 Å². The highest BCUT2D eigenvalue weighted by atomic mass is 16.6. The van der Waals surface area contributed by atoms with E-state index in [1.165, 1.54) is 30.5 Å². The van der Waals surface area contributed by atoms with Crippen molar-refractivity contribution in [3.8, 4) is 5.75 Å². The molecule has 3 rings (SSSR count). The molecule has 158 valence electrons. The lowest BCUT2D eigenvalue weighted by atomic mass is 10.1. The van der Waals surface area contributed by atoms with Crippen LogP contribution in [0, 0.1) is 17.0 Å². The zero-order chi connectivity index (χ0) is 21.7. The SMILES string of the molecule is COc1ccc(C(=O)NCC(=O)N2CCN(c3ccccc3C)CC2)cc1[N+](=O)[O-]. The highest BCUT2D eigenvalue weighted by Crippen LogP contribution is 2.27. The molecule has 9 nitrogen and oxygen atoms in total. The molecule has 0 spiro atoms. The minimum absolute atomic E-state index is 0.0687. The molecule has 1 aliphatic heterocycles. The predicted octanol–water partition coefficient (Wildman–Crippen LogP) is 1.99. The van der Waals surface area contributed by atoms with Crippen molar-refractivity contribution in [2.45, 2.75) is 6.92 Å². The maximum Gasteiger partial charge on any atom is 0.311 e. The number of piperazine rings is 1. The Labute approximate surface area is 174 Å². The Kier molecular flexibility index (Phi) is 6.51. The first-order valence-electron chi connectivity index (χ1n) is 9.59. The number of amides is 2. The van der Waals surface area contributed by atoms with E-state index in [1.807, 2.05) is 12.1 Å². The average Bonchev–Trinajstić information content (AvgIpc) is 2.77. The Morgan fingerprint density at radius 1 is 1.13 bits per heavy atom. The van der Waals surface area contributed by atoms with E-state index in [9.17, 15) is 19.7 Å². The van der Waals surface area contributed by atoms with Crippen LogP contribution in [-0.2, 0) is 4.79 Å². The zero-order valence-electron chi connectivity index (χ0n) is 17.0. The van der Waals surface area contributed by atoms with Gasteiger partial charge in [-0.1, -0.05) is 18.2 Å². The number of aryl methyl sites for hydroxylation is 1. The third-order valence-corrected chi connectivity index (χ3v) is 5.13. The van der Waals surface area contributed by atoms with Gasteiger partial charge in [0.05, 0.1) is 18.6 Å². The number of carbonyl (C=O) groups is 2. The molecular formula is C21H24N4O5. The molecule has 0 unspecified atom stereocenters. The van der Waals surface area contributed by atoms with Crippen LogP contribution in [-0.4, -0.2) is 61.5 Å². The number of nitro benzene ring substituents is 1. The van der Waals surface area contributed by atoms with Crippen molar-refractivity contribution >= 4 is 23.2 Å². The molecule has 1 N–H and O–H groups in total. The number of carbonyl (C=O) groups excluding carboxylic acids is 2. The second-order valence-corrected chi connectivity index (χ2v) is 6.98. The summed E-state index contributed by atoms with van der Waals surface area (Å²) in [5.41, 5.74) is 2.15. The van der Waals surface area contributed by atoms with Gasteiger partial charge in [0, 0.05) is 43.5 Å². The van der Waals surface area contributed by atoms with Gasteiger partial charge in [0.1, 0.15) is 0 Å². The number of rotatable bonds is 6. The lowest BCUT2D eigenvalue weighted by Gasteiger charge is -2.36. The van der Waals surface area contributed by atoms with Gasteiger partial charge in [-0.15, -0.1) is 0 Å². The Morgan fingerprint density at radius 3 is 2.47 bits per heavy atom. The van der Waals surface area contributed by atoms with Gasteiger partial charge in [-0.2, -0.15) is 0 Å². The topological polar surface area (TPSA) is 105 Å². The van der Waals surface area contributed by atoms with Crippen LogP contribution in [0.15, 0.2) is 42.5 Å². The molecule has 0 aliphatic carbocycles. The standard InChI is InChI=1S/C21H24N4O5/c1-15-5-3-4-6-17(15)23-9-11-24(12-10-23)20(26)14-22-21(27)16-7-8-19(30-2)18(13-16)25(28)29/h3-8,13H,9-12,14H2,1-2H3,(H,22,27). The number of anilines is 1. The van der Waals surface area contributed by atoms with Gasteiger partial charge in [-0.3, -0.25) is 19.7 Å². The number of ether oxygens (including phenoxy) is 1. The van der Waals surface area contributed by atoms with Gasteiger partial charge in [0.2, 0.25) is 5.91 Å². The van der Waals surface area contributed by atoms with Crippen LogP contribution < -0.4 is 15.0 Å². The summed E-state index contributed by atoms with van der Waals surface area (Å²) in [6.07, 6.45) is 0. The maximum absolute atomic E-state index is 12.5. The second kappa shape index (κ2) is 9.25. The number of benzene rings is 2. The van der Waals surface area contributed by atoms with Gasteiger partial charge < -0.3 is 19.9 Å². The number of para-hydroxylation sites is 1. The van der Waals surface area contributed by atoms with Crippen molar-refractivity contribution < 1.29 is 19.2 Å². The fraction of sp³-hybridized carbons (Fsp3) is 0.333. The summed E-state index contributed by atoms with van der Waals surface area (Å²) in [4.78, 5) is 39.3. The molecular weight excluding hydrogens is 388 g/mol. The van der Waals surface area contributed by atoms with E-state index in [1.54, 1.807) is 4.90 Å². The minimum Gasteiger partial charge on any atom is -0.490 e. The van der Waals surface area contributed by atoms with Crippen molar-refractivity contribution in [2.24, 2.45) is 0 Å². The molecule has 0 atom stereocenters. The molecule has 0 radical (unpaired) electrons. The lowest BCUT2D eigenvalue weighted by molar-refractivity contribution is -0.385. The molecule has 1 fully saturated rings. The third kappa shape index (κ3) is 4.68. The molecule has 0 aromatic heterocycles. The Balaban J connectivity index is 1.54. The summed E-state index contributed by atoms with van der Waals surface area (Å²) >= 11 is 0. The van der Waals surface area contributed by atoms with Crippen LogP contribution in [0.1, 0.15) is 15.9 Å². The molecule has 0 saturated carbocycles. The highest BCUT2D eigenvalue weighted by molar-refractivity contribution is 5.97.